The molecule has 0 saturated heterocycles. The van der Waals surface area contributed by atoms with Crippen LogP contribution in [-0.4, -0.2) is 30.1 Å². The van der Waals surface area contributed by atoms with Gasteiger partial charge in [-0.2, -0.15) is 0 Å². The normalized spacial score (nSPS) is 11.1. The lowest BCUT2D eigenvalue weighted by molar-refractivity contribution is -0.138. The molecule has 1 atom stereocenters. The van der Waals surface area contributed by atoms with Crippen molar-refractivity contribution in [2.75, 3.05) is 18.5 Å². The van der Waals surface area contributed by atoms with Gasteiger partial charge in [0.15, 0.2) is 6.04 Å². The van der Waals surface area contributed by atoms with Crippen LogP contribution in [0.1, 0.15) is 24.1 Å². The number of carbonyl (C=O) groups is 1. The Morgan fingerprint density at radius 2 is 1.89 bits per heavy atom. The molecule has 0 saturated carbocycles. The third-order valence-electron chi connectivity index (χ3n) is 3.62. The van der Waals surface area contributed by atoms with E-state index in [2.05, 4.69) is 11.2 Å². The molecular weight excluding hydrogens is 346 g/mol. The van der Waals surface area contributed by atoms with Crippen molar-refractivity contribution in [2.45, 2.75) is 13.0 Å². The topological polar surface area (TPSA) is 118 Å². The van der Waals surface area contributed by atoms with E-state index < -0.39 is 12.0 Å². The lowest BCUT2D eigenvalue weighted by atomic mass is 10.1. The van der Waals surface area contributed by atoms with E-state index in [1.54, 1.807) is 42.5 Å². The van der Waals surface area contributed by atoms with Crippen molar-refractivity contribution in [2.24, 2.45) is 5.73 Å². The minimum Gasteiger partial charge on any atom is -0.494 e. The van der Waals surface area contributed by atoms with Crippen LogP contribution in [0.25, 0.3) is 0 Å². The Morgan fingerprint density at radius 1 is 1.26 bits per heavy atom. The molecule has 27 heavy (non-hydrogen) atoms. The molecule has 2 rings (SSSR count). The zero-order valence-electron chi connectivity index (χ0n) is 14.9. The summed E-state index contributed by atoms with van der Waals surface area (Å²) in [6.07, 6.45) is 5.22. The van der Waals surface area contributed by atoms with Crippen molar-refractivity contribution in [3.63, 3.8) is 0 Å². The van der Waals surface area contributed by atoms with Crippen LogP contribution in [0.3, 0.4) is 0 Å². The summed E-state index contributed by atoms with van der Waals surface area (Å²) in [5, 5.41) is 20.1. The van der Waals surface area contributed by atoms with Crippen molar-refractivity contribution in [3.8, 4) is 23.8 Å². The molecule has 0 aliphatic heterocycles. The summed E-state index contributed by atoms with van der Waals surface area (Å²) in [7, 11) is 0. The van der Waals surface area contributed by atoms with E-state index in [4.69, 9.17) is 27.0 Å². The highest BCUT2D eigenvalue weighted by Crippen LogP contribution is 2.29. The van der Waals surface area contributed by atoms with Gasteiger partial charge >= 0.3 is 5.97 Å². The highest BCUT2D eigenvalue weighted by Gasteiger charge is 2.21. The molecule has 0 aliphatic carbocycles. The van der Waals surface area contributed by atoms with Crippen molar-refractivity contribution in [1.29, 1.82) is 5.41 Å². The summed E-state index contributed by atoms with van der Waals surface area (Å²) >= 11 is 0. The molecule has 0 heterocycles. The predicted molar refractivity (Wildman–Crippen MR) is 103 cm³/mol. The van der Waals surface area contributed by atoms with E-state index in [0.29, 0.717) is 34.9 Å². The predicted octanol–water partition coefficient (Wildman–Crippen LogP) is 2.62. The molecule has 0 aliphatic rings. The number of aliphatic carboxylic acids is 1. The number of carboxylic acid groups (broad SMARTS) is 1. The number of anilines is 1. The van der Waals surface area contributed by atoms with Gasteiger partial charge in [-0.1, -0.05) is 5.92 Å². The monoisotopic (exact) mass is 367 g/mol. The molecule has 0 amide bonds. The Hall–Kier alpha value is -3.66. The van der Waals surface area contributed by atoms with Crippen molar-refractivity contribution >= 4 is 17.5 Å². The molecule has 7 heteroatoms. The molecule has 0 fully saturated rings. The SMILES string of the molecule is C#CCOc1cc(OCC)cc([C@@H](Nc2ccc(C(=N)N)cc2)C(=O)O)c1. The van der Waals surface area contributed by atoms with Gasteiger partial charge in [-0.15, -0.1) is 6.42 Å². The largest absolute Gasteiger partial charge is 0.494 e. The third kappa shape index (κ3) is 5.41. The second kappa shape index (κ2) is 9.15. The molecule has 7 nitrogen and oxygen atoms in total. The van der Waals surface area contributed by atoms with E-state index in [1.165, 1.54) is 0 Å². The van der Waals surface area contributed by atoms with Gasteiger partial charge in [-0.25, -0.2) is 4.79 Å². The quantitative estimate of drug-likeness (QED) is 0.307. The van der Waals surface area contributed by atoms with Gasteiger partial charge in [-0.05, 0) is 48.9 Å². The Balaban J connectivity index is 2.34. The fraction of sp³-hybridized carbons (Fsp3) is 0.200. The Bertz CT molecular complexity index is 857. The van der Waals surface area contributed by atoms with Crippen LogP contribution in [0.15, 0.2) is 42.5 Å². The summed E-state index contributed by atoms with van der Waals surface area (Å²) in [6.45, 7) is 2.32. The molecule has 0 unspecified atom stereocenters. The van der Waals surface area contributed by atoms with Gasteiger partial charge < -0.3 is 25.6 Å². The van der Waals surface area contributed by atoms with Crippen molar-refractivity contribution in [3.05, 3.63) is 53.6 Å². The second-order valence-electron chi connectivity index (χ2n) is 5.57. The third-order valence-corrected chi connectivity index (χ3v) is 3.62. The molecule has 0 bridgehead atoms. The number of nitrogen functional groups attached to an aromatic ring is 1. The first-order chi connectivity index (χ1) is 12.9. The minimum absolute atomic E-state index is 0.0592. The molecule has 2 aromatic rings. The fourth-order valence-electron chi connectivity index (χ4n) is 2.42. The maximum absolute atomic E-state index is 11.8. The standard InChI is InChI=1S/C20H21N3O4/c1-3-9-27-17-11-14(10-16(12-17)26-4-2)18(20(24)25)23-15-7-5-13(6-8-15)19(21)22/h1,5-8,10-12,18,23H,4,9H2,2H3,(H3,21,22)(H,24,25)/t18-/m1/s1. The first-order valence-corrected chi connectivity index (χ1v) is 8.22. The summed E-state index contributed by atoms with van der Waals surface area (Å²) < 4.78 is 10.9. The van der Waals surface area contributed by atoms with E-state index in [1.807, 2.05) is 6.92 Å². The van der Waals surface area contributed by atoms with Gasteiger partial charge in [0, 0.05) is 17.3 Å². The van der Waals surface area contributed by atoms with Gasteiger partial charge in [0.25, 0.3) is 0 Å². The van der Waals surface area contributed by atoms with Crippen LogP contribution in [0.4, 0.5) is 5.69 Å². The van der Waals surface area contributed by atoms with Crippen molar-refractivity contribution < 1.29 is 19.4 Å². The number of hydrogen-bond donors (Lipinski definition) is 4. The van der Waals surface area contributed by atoms with Crippen LogP contribution in [0.5, 0.6) is 11.5 Å². The minimum atomic E-state index is -1.07. The van der Waals surface area contributed by atoms with E-state index in [0.717, 1.165) is 0 Å². The Kier molecular flexibility index (Phi) is 6.67. The number of hydrogen-bond acceptors (Lipinski definition) is 5. The van der Waals surface area contributed by atoms with E-state index >= 15 is 0 Å². The number of terminal acetylenes is 1. The summed E-state index contributed by atoms with van der Waals surface area (Å²) in [5.74, 6) is 2.16. The molecule has 0 spiro atoms. The summed E-state index contributed by atoms with van der Waals surface area (Å²) in [6, 6.07) is 10.5. The van der Waals surface area contributed by atoms with Crippen LogP contribution < -0.4 is 20.5 Å². The number of ether oxygens (including phenoxy) is 2. The smallest absolute Gasteiger partial charge is 0.330 e. The van der Waals surface area contributed by atoms with Gasteiger partial charge in [0.1, 0.15) is 23.9 Å². The lowest BCUT2D eigenvalue weighted by Crippen LogP contribution is -2.21. The van der Waals surface area contributed by atoms with Crippen molar-refractivity contribution in [1.82, 2.24) is 0 Å². The summed E-state index contributed by atoms with van der Waals surface area (Å²) in [4.78, 5) is 11.8. The lowest BCUT2D eigenvalue weighted by Gasteiger charge is -2.18. The average molecular weight is 367 g/mol. The highest BCUT2D eigenvalue weighted by molar-refractivity contribution is 5.95. The molecule has 5 N–H and O–H groups in total. The number of benzene rings is 2. The van der Waals surface area contributed by atoms with E-state index in [9.17, 15) is 9.90 Å². The molecule has 2 aromatic carbocycles. The molecule has 140 valence electrons. The number of nitrogens with two attached hydrogens (primary N) is 1. The molecular formula is C20H21N3O4. The maximum Gasteiger partial charge on any atom is 0.330 e. The zero-order valence-corrected chi connectivity index (χ0v) is 14.9. The molecule has 0 radical (unpaired) electrons. The first kappa shape index (κ1) is 19.7. The first-order valence-electron chi connectivity index (χ1n) is 8.22. The Labute approximate surface area is 157 Å². The van der Waals surface area contributed by atoms with Gasteiger partial charge in [0.05, 0.1) is 6.61 Å². The molecule has 0 aromatic heterocycles. The number of rotatable bonds is 9. The van der Waals surface area contributed by atoms with Gasteiger partial charge in [0.2, 0.25) is 0 Å². The van der Waals surface area contributed by atoms with Crippen LogP contribution >= 0.6 is 0 Å². The van der Waals surface area contributed by atoms with Crippen LogP contribution in [-0.2, 0) is 4.79 Å². The fourth-order valence-corrected chi connectivity index (χ4v) is 2.42. The summed E-state index contributed by atoms with van der Waals surface area (Å²) in [5.41, 5.74) is 7.01. The maximum atomic E-state index is 11.8. The van der Waals surface area contributed by atoms with E-state index in [-0.39, 0.29) is 12.4 Å². The second-order valence-corrected chi connectivity index (χ2v) is 5.57. The van der Waals surface area contributed by atoms with Crippen LogP contribution in [0.2, 0.25) is 0 Å². The zero-order chi connectivity index (χ0) is 19.8. The number of amidine groups is 1. The average Bonchev–Trinajstić information content (AvgIpc) is 2.64. The van der Waals surface area contributed by atoms with Gasteiger partial charge in [-0.3, -0.25) is 5.41 Å². The Morgan fingerprint density at radius 3 is 2.41 bits per heavy atom. The highest BCUT2D eigenvalue weighted by atomic mass is 16.5. The van der Waals surface area contributed by atoms with Crippen LogP contribution in [0, 0.1) is 17.8 Å². The number of nitrogens with one attached hydrogen (secondary N) is 2. The number of carboxylic acids is 1.